The quantitative estimate of drug-likeness (QED) is 0.614. The SMILES string of the molecule is C#CCn1ncc(Cl)c(NCCCN(C)C(C)C)c1=O. The monoisotopic (exact) mass is 296 g/mol. The molecule has 0 aliphatic rings. The third-order valence-electron chi connectivity index (χ3n) is 3.11. The van der Waals surface area contributed by atoms with E-state index in [2.05, 4.69) is 42.1 Å². The van der Waals surface area contributed by atoms with Gasteiger partial charge in [0.1, 0.15) is 12.2 Å². The third kappa shape index (κ3) is 4.55. The van der Waals surface area contributed by atoms with Gasteiger partial charge in [0, 0.05) is 12.6 Å². The van der Waals surface area contributed by atoms with Crippen LogP contribution >= 0.6 is 11.6 Å². The van der Waals surface area contributed by atoms with E-state index in [4.69, 9.17) is 18.0 Å². The third-order valence-corrected chi connectivity index (χ3v) is 3.40. The first kappa shape index (κ1) is 16.5. The standard InChI is InChI=1S/C14H21ClN4O/c1-5-8-19-14(20)13(12(15)10-17-19)16-7-6-9-18(4)11(2)3/h1,10-11,16H,6-9H2,2-4H3. The minimum Gasteiger partial charge on any atom is -0.379 e. The van der Waals surface area contributed by atoms with Gasteiger partial charge >= 0.3 is 0 Å². The Morgan fingerprint density at radius 3 is 2.90 bits per heavy atom. The van der Waals surface area contributed by atoms with Crippen molar-refractivity contribution < 1.29 is 0 Å². The second-order valence-electron chi connectivity index (χ2n) is 4.89. The molecule has 0 fully saturated rings. The summed E-state index contributed by atoms with van der Waals surface area (Å²) in [6, 6.07) is 0.507. The lowest BCUT2D eigenvalue weighted by Crippen LogP contribution is -2.29. The number of hydrogen-bond donors (Lipinski definition) is 1. The molecule has 20 heavy (non-hydrogen) atoms. The topological polar surface area (TPSA) is 50.2 Å². The van der Waals surface area contributed by atoms with E-state index in [0.717, 1.165) is 13.0 Å². The Labute approximate surface area is 124 Å². The molecular formula is C14H21ClN4O. The van der Waals surface area contributed by atoms with Crippen LogP contribution in [0.5, 0.6) is 0 Å². The molecule has 0 saturated carbocycles. The summed E-state index contributed by atoms with van der Waals surface area (Å²) in [5, 5.41) is 7.28. The van der Waals surface area contributed by atoms with Gasteiger partial charge in [-0.3, -0.25) is 4.79 Å². The second kappa shape index (κ2) is 7.93. The van der Waals surface area contributed by atoms with Crippen LogP contribution in [-0.4, -0.2) is 40.9 Å². The first-order valence-electron chi connectivity index (χ1n) is 6.60. The van der Waals surface area contributed by atoms with E-state index >= 15 is 0 Å². The highest BCUT2D eigenvalue weighted by molar-refractivity contribution is 6.32. The normalized spacial score (nSPS) is 10.8. The zero-order chi connectivity index (χ0) is 15.1. The predicted molar refractivity (Wildman–Crippen MR) is 83.2 cm³/mol. The van der Waals surface area contributed by atoms with Crippen molar-refractivity contribution in [2.24, 2.45) is 0 Å². The van der Waals surface area contributed by atoms with Crippen LogP contribution in [0.25, 0.3) is 0 Å². The van der Waals surface area contributed by atoms with Crippen LogP contribution in [0.3, 0.4) is 0 Å². The molecule has 0 radical (unpaired) electrons. The summed E-state index contributed by atoms with van der Waals surface area (Å²) < 4.78 is 1.22. The Hall–Kier alpha value is -1.51. The number of aromatic nitrogens is 2. The summed E-state index contributed by atoms with van der Waals surface area (Å²) in [7, 11) is 2.07. The zero-order valence-electron chi connectivity index (χ0n) is 12.2. The summed E-state index contributed by atoms with van der Waals surface area (Å²) in [5.41, 5.74) is 0.0804. The van der Waals surface area contributed by atoms with Gasteiger partial charge in [-0.25, -0.2) is 4.68 Å². The first-order valence-corrected chi connectivity index (χ1v) is 6.98. The molecule has 1 heterocycles. The van der Waals surface area contributed by atoms with E-state index in [9.17, 15) is 4.79 Å². The Kier molecular flexibility index (Phi) is 6.56. The number of nitrogens with zero attached hydrogens (tertiary/aromatic N) is 3. The molecule has 0 atom stereocenters. The molecule has 0 aliphatic heterocycles. The number of anilines is 1. The van der Waals surface area contributed by atoms with Crippen LogP contribution in [0.1, 0.15) is 20.3 Å². The highest BCUT2D eigenvalue weighted by atomic mass is 35.5. The number of terminal acetylenes is 1. The van der Waals surface area contributed by atoms with Crippen molar-refractivity contribution in [2.75, 3.05) is 25.5 Å². The fourth-order valence-corrected chi connectivity index (χ4v) is 1.82. The van der Waals surface area contributed by atoms with Gasteiger partial charge in [0.25, 0.3) is 5.56 Å². The van der Waals surface area contributed by atoms with Gasteiger partial charge in [0.05, 0.1) is 11.2 Å². The fraction of sp³-hybridized carbons (Fsp3) is 0.571. The maximum Gasteiger partial charge on any atom is 0.292 e. The molecule has 110 valence electrons. The molecule has 0 spiro atoms. The van der Waals surface area contributed by atoms with Gasteiger partial charge in [-0.15, -0.1) is 6.42 Å². The molecule has 0 bridgehead atoms. The molecule has 0 saturated heterocycles. The first-order chi connectivity index (χ1) is 9.47. The fourth-order valence-electron chi connectivity index (χ4n) is 1.63. The van der Waals surface area contributed by atoms with Crippen molar-refractivity contribution in [1.82, 2.24) is 14.7 Å². The Morgan fingerprint density at radius 1 is 1.60 bits per heavy atom. The lowest BCUT2D eigenvalue weighted by molar-refractivity contribution is 0.273. The van der Waals surface area contributed by atoms with Crippen molar-refractivity contribution in [2.45, 2.75) is 32.9 Å². The molecule has 1 aromatic heterocycles. The number of hydrogen-bond acceptors (Lipinski definition) is 4. The van der Waals surface area contributed by atoms with Crippen molar-refractivity contribution in [1.29, 1.82) is 0 Å². The van der Waals surface area contributed by atoms with E-state index in [0.29, 0.717) is 23.3 Å². The van der Waals surface area contributed by atoms with Crippen LogP contribution in [0.4, 0.5) is 5.69 Å². The lowest BCUT2D eigenvalue weighted by atomic mass is 10.3. The highest BCUT2D eigenvalue weighted by Crippen LogP contribution is 2.14. The van der Waals surface area contributed by atoms with E-state index in [1.165, 1.54) is 10.9 Å². The summed E-state index contributed by atoms with van der Waals surface area (Å²) in [4.78, 5) is 14.3. The molecule has 5 nitrogen and oxygen atoms in total. The molecule has 1 aromatic rings. The molecule has 1 rings (SSSR count). The average Bonchev–Trinajstić information content (AvgIpc) is 2.40. The van der Waals surface area contributed by atoms with E-state index in [-0.39, 0.29) is 12.1 Å². The molecule has 0 unspecified atom stereocenters. The molecule has 0 aromatic carbocycles. The van der Waals surface area contributed by atoms with Gasteiger partial charge in [-0.05, 0) is 33.9 Å². The number of rotatable bonds is 7. The van der Waals surface area contributed by atoms with Crippen molar-refractivity contribution in [3.63, 3.8) is 0 Å². The largest absolute Gasteiger partial charge is 0.379 e. The van der Waals surface area contributed by atoms with Crippen LogP contribution in [0.15, 0.2) is 11.0 Å². The Bertz CT molecular complexity index is 533. The summed E-state index contributed by atoms with van der Waals surface area (Å²) >= 11 is 5.99. The van der Waals surface area contributed by atoms with Gasteiger partial charge < -0.3 is 10.2 Å². The second-order valence-corrected chi connectivity index (χ2v) is 5.30. The van der Waals surface area contributed by atoms with Crippen molar-refractivity contribution >= 4 is 17.3 Å². The lowest BCUT2D eigenvalue weighted by Gasteiger charge is -2.20. The van der Waals surface area contributed by atoms with Gasteiger partial charge in [-0.1, -0.05) is 17.5 Å². The number of halogens is 1. The highest BCUT2D eigenvalue weighted by Gasteiger charge is 2.09. The number of nitrogens with one attached hydrogen (secondary N) is 1. The minimum atomic E-state index is -0.285. The van der Waals surface area contributed by atoms with Gasteiger partial charge in [0.15, 0.2) is 0 Å². The molecule has 0 amide bonds. The van der Waals surface area contributed by atoms with Crippen molar-refractivity contribution in [3.05, 3.63) is 21.6 Å². The van der Waals surface area contributed by atoms with E-state index in [1.54, 1.807) is 0 Å². The smallest absolute Gasteiger partial charge is 0.292 e. The van der Waals surface area contributed by atoms with E-state index in [1.807, 2.05) is 0 Å². The molecule has 0 aliphatic carbocycles. The maximum atomic E-state index is 12.1. The Balaban J connectivity index is 2.62. The summed E-state index contributed by atoms with van der Waals surface area (Å²) in [6.45, 7) is 6.05. The Morgan fingerprint density at radius 2 is 2.30 bits per heavy atom. The van der Waals surface area contributed by atoms with Gasteiger partial charge in [-0.2, -0.15) is 5.10 Å². The molecule has 1 N–H and O–H groups in total. The summed E-state index contributed by atoms with van der Waals surface area (Å²) in [6.07, 6.45) is 7.54. The average molecular weight is 297 g/mol. The predicted octanol–water partition coefficient (Wildman–Crippen LogP) is 1.67. The van der Waals surface area contributed by atoms with Crippen LogP contribution in [-0.2, 0) is 6.54 Å². The van der Waals surface area contributed by atoms with Crippen molar-refractivity contribution in [3.8, 4) is 12.3 Å². The maximum absolute atomic E-state index is 12.1. The molecule has 6 heteroatoms. The summed E-state index contributed by atoms with van der Waals surface area (Å²) in [5.74, 6) is 2.39. The van der Waals surface area contributed by atoms with Crippen LogP contribution < -0.4 is 10.9 Å². The van der Waals surface area contributed by atoms with Gasteiger partial charge in [0.2, 0.25) is 0 Å². The minimum absolute atomic E-state index is 0.140. The van der Waals surface area contributed by atoms with Crippen LogP contribution in [0.2, 0.25) is 5.02 Å². The zero-order valence-corrected chi connectivity index (χ0v) is 12.9. The van der Waals surface area contributed by atoms with Crippen LogP contribution in [0, 0.1) is 12.3 Å². The van der Waals surface area contributed by atoms with E-state index < -0.39 is 0 Å². The molecular weight excluding hydrogens is 276 g/mol.